The summed E-state index contributed by atoms with van der Waals surface area (Å²) in [5.74, 6) is -0.0977. The standard InChI is InChI=1S/C23H23N5O3S2/c1-17-22-19(18-6-3-2-4-7-18)9-10-24-23(22)28(25-17)16-20(29)26-11-13-27(14-12-26)33(30,31)21-8-5-15-32-21/h2-10,15H,11-14,16H2,1H3. The Balaban J connectivity index is 1.33. The van der Waals surface area contributed by atoms with Crippen molar-refractivity contribution in [3.63, 3.8) is 0 Å². The number of aromatic nitrogens is 3. The first-order chi connectivity index (χ1) is 15.9. The smallest absolute Gasteiger partial charge is 0.252 e. The second kappa shape index (κ2) is 8.69. The van der Waals surface area contributed by atoms with Gasteiger partial charge in [0, 0.05) is 37.8 Å². The molecule has 4 heterocycles. The van der Waals surface area contributed by atoms with Gasteiger partial charge >= 0.3 is 0 Å². The molecule has 1 aliphatic heterocycles. The normalized spacial score (nSPS) is 15.2. The first kappa shape index (κ1) is 21.7. The highest BCUT2D eigenvalue weighted by molar-refractivity contribution is 7.91. The molecule has 0 atom stereocenters. The number of benzene rings is 1. The molecule has 1 amide bonds. The van der Waals surface area contributed by atoms with Crippen molar-refractivity contribution in [2.45, 2.75) is 17.7 Å². The Morgan fingerprint density at radius 1 is 1.03 bits per heavy atom. The minimum absolute atomic E-state index is 0.0628. The zero-order chi connectivity index (χ0) is 23.0. The van der Waals surface area contributed by atoms with E-state index in [1.807, 2.05) is 43.3 Å². The summed E-state index contributed by atoms with van der Waals surface area (Å²) in [5.41, 5.74) is 3.59. The van der Waals surface area contributed by atoms with Gasteiger partial charge < -0.3 is 4.90 Å². The Labute approximate surface area is 196 Å². The van der Waals surface area contributed by atoms with Crippen molar-refractivity contribution in [2.75, 3.05) is 26.2 Å². The molecule has 1 aliphatic rings. The molecule has 0 saturated carbocycles. The molecule has 1 fully saturated rings. The lowest BCUT2D eigenvalue weighted by Gasteiger charge is -2.33. The fourth-order valence-corrected chi connectivity index (χ4v) is 6.76. The van der Waals surface area contributed by atoms with E-state index in [1.165, 1.54) is 15.6 Å². The van der Waals surface area contributed by atoms with Crippen molar-refractivity contribution in [1.29, 1.82) is 0 Å². The number of amides is 1. The van der Waals surface area contributed by atoms with Crippen LogP contribution in [-0.4, -0.2) is 64.5 Å². The van der Waals surface area contributed by atoms with Crippen LogP contribution in [0.4, 0.5) is 0 Å². The molecule has 0 spiro atoms. The molecule has 5 rings (SSSR count). The molecule has 4 aromatic rings. The third kappa shape index (κ3) is 4.05. The highest BCUT2D eigenvalue weighted by Crippen LogP contribution is 2.29. The lowest BCUT2D eigenvalue weighted by molar-refractivity contribution is -0.133. The number of carbonyl (C=O) groups is 1. The van der Waals surface area contributed by atoms with Crippen molar-refractivity contribution in [2.24, 2.45) is 0 Å². The van der Waals surface area contributed by atoms with Crippen LogP contribution >= 0.6 is 11.3 Å². The fourth-order valence-electron chi connectivity index (χ4n) is 4.19. The molecule has 1 aromatic carbocycles. The Hall–Kier alpha value is -3.08. The van der Waals surface area contributed by atoms with Gasteiger partial charge in [-0.2, -0.15) is 9.40 Å². The van der Waals surface area contributed by atoms with Crippen molar-refractivity contribution in [3.05, 3.63) is 65.8 Å². The van der Waals surface area contributed by atoms with Crippen molar-refractivity contribution in [1.82, 2.24) is 24.0 Å². The monoisotopic (exact) mass is 481 g/mol. The molecule has 8 nitrogen and oxygen atoms in total. The minimum atomic E-state index is -3.50. The number of pyridine rings is 1. The molecular weight excluding hydrogens is 458 g/mol. The molecule has 3 aromatic heterocycles. The van der Waals surface area contributed by atoms with Gasteiger partial charge in [-0.05, 0) is 35.6 Å². The lowest BCUT2D eigenvalue weighted by atomic mass is 10.0. The number of fused-ring (bicyclic) bond motifs is 1. The average Bonchev–Trinajstić information content (AvgIpc) is 3.49. The van der Waals surface area contributed by atoms with Gasteiger partial charge in [0.2, 0.25) is 5.91 Å². The number of aryl methyl sites for hydroxylation is 1. The quantitative estimate of drug-likeness (QED) is 0.437. The summed E-state index contributed by atoms with van der Waals surface area (Å²) in [5, 5.41) is 7.28. The van der Waals surface area contributed by atoms with Crippen LogP contribution in [-0.2, 0) is 21.4 Å². The summed E-state index contributed by atoms with van der Waals surface area (Å²) in [6, 6.07) is 15.3. The minimum Gasteiger partial charge on any atom is -0.338 e. The molecule has 0 unspecified atom stereocenters. The van der Waals surface area contributed by atoms with Gasteiger partial charge in [-0.3, -0.25) is 4.79 Å². The fraction of sp³-hybridized carbons (Fsp3) is 0.261. The number of thiophene rings is 1. The lowest BCUT2D eigenvalue weighted by Crippen LogP contribution is -2.51. The third-order valence-corrected chi connectivity index (χ3v) is 9.13. The number of rotatable bonds is 5. The van der Waals surface area contributed by atoms with E-state index in [0.29, 0.717) is 22.9 Å². The molecule has 0 aliphatic carbocycles. The summed E-state index contributed by atoms with van der Waals surface area (Å²) < 4.78 is 28.9. The highest BCUT2D eigenvalue weighted by atomic mass is 32.2. The van der Waals surface area contributed by atoms with E-state index in [4.69, 9.17) is 0 Å². The molecule has 1 saturated heterocycles. The van der Waals surface area contributed by atoms with Gasteiger partial charge in [0.15, 0.2) is 5.65 Å². The predicted octanol–water partition coefficient (Wildman–Crippen LogP) is 3.00. The van der Waals surface area contributed by atoms with E-state index in [0.717, 1.165) is 22.2 Å². The van der Waals surface area contributed by atoms with Crippen LogP contribution in [0.2, 0.25) is 0 Å². The van der Waals surface area contributed by atoms with E-state index >= 15 is 0 Å². The van der Waals surface area contributed by atoms with Gasteiger partial charge in [0.05, 0.1) is 5.69 Å². The molecule has 33 heavy (non-hydrogen) atoms. The van der Waals surface area contributed by atoms with Gasteiger partial charge in [0.25, 0.3) is 10.0 Å². The number of hydrogen-bond donors (Lipinski definition) is 0. The SMILES string of the molecule is Cc1nn(CC(=O)N2CCN(S(=O)(=O)c3cccs3)CC2)c2nccc(-c3ccccc3)c12. The van der Waals surface area contributed by atoms with E-state index in [1.54, 1.807) is 33.3 Å². The second-order valence-electron chi connectivity index (χ2n) is 7.88. The van der Waals surface area contributed by atoms with Gasteiger partial charge in [-0.25, -0.2) is 18.1 Å². The first-order valence-electron chi connectivity index (χ1n) is 10.6. The van der Waals surface area contributed by atoms with Crippen LogP contribution in [0.15, 0.2) is 64.3 Å². The maximum absolute atomic E-state index is 13.0. The van der Waals surface area contributed by atoms with Crippen molar-refractivity contribution in [3.8, 4) is 11.1 Å². The van der Waals surface area contributed by atoms with E-state index in [-0.39, 0.29) is 25.5 Å². The average molecular weight is 482 g/mol. The number of hydrogen-bond acceptors (Lipinski definition) is 6. The summed E-state index contributed by atoms with van der Waals surface area (Å²) in [4.78, 5) is 19.2. The zero-order valence-electron chi connectivity index (χ0n) is 18.1. The van der Waals surface area contributed by atoms with Crippen LogP contribution < -0.4 is 0 Å². The topological polar surface area (TPSA) is 88.4 Å². The van der Waals surface area contributed by atoms with Gasteiger partial charge in [-0.1, -0.05) is 36.4 Å². The predicted molar refractivity (Wildman–Crippen MR) is 127 cm³/mol. The van der Waals surface area contributed by atoms with E-state index < -0.39 is 10.0 Å². The third-order valence-electron chi connectivity index (χ3n) is 5.86. The molecule has 0 N–H and O–H groups in total. The summed E-state index contributed by atoms with van der Waals surface area (Å²) in [6.07, 6.45) is 1.74. The maximum Gasteiger partial charge on any atom is 0.252 e. The maximum atomic E-state index is 13.0. The van der Waals surface area contributed by atoms with Crippen LogP contribution in [0.25, 0.3) is 22.2 Å². The van der Waals surface area contributed by atoms with Crippen LogP contribution in [0.5, 0.6) is 0 Å². The highest BCUT2D eigenvalue weighted by Gasteiger charge is 2.31. The van der Waals surface area contributed by atoms with Crippen LogP contribution in [0, 0.1) is 6.92 Å². The molecule has 170 valence electrons. The van der Waals surface area contributed by atoms with E-state index in [2.05, 4.69) is 10.1 Å². The van der Waals surface area contributed by atoms with Crippen molar-refractivity contribution >= 4 is 38.3 Å². The number of sulfonamides is 1. The molecule has 10 heteroatoms. The largest absolute Gasteiger partial charge is 0.338 e. The molecule has 0 bridgehead atoms. The summed E-state index contributed by atoms with van der Waals surface area (Å²) >= 11 is 1.21. The first-order valence-corrected chi connectivity index (χ1v) is 13.0. The Bertz CT molecular complexity index is 1390. The summed E-state index contributed by atoms with van der Waals surface area (Å²) in [7, 11) is -3.50. The molecular formula is C23H23N5O3S2. The zero-order valence-corrected chi connectivity index (χ0v) is 19.7. The van der Waals surface area contributed by atoms with Crippen LogP contribution in [0.3, 0.4) is 0 Å². The number of piperazine rings is 1. The Morgan fingerprint density at radius 2 is 1.79 bits per heavy atom. The second-order valence-corrected chi connectivity index (χ2v) is 11.0. The number of nitrogens with zero attached hydrogens (tertiary/aromatic N) is 5. The van der Waals surface area contributed by atoms with Crippen LogP contribution in [0.1, 0.15) is 5.69 Å². The Morgan fingerprint density at radius 3 is 2.48 bits per heavy atom. The summed E-state index contributed by atoms with van der Waals surface area (Å²) in [6.45, 7) is 3.25. The Kier molecular flexibility index (Phi) is 5.73. The number of carbonyl (C=O) groups excluding carboxylic acids is 1. The molecule has 0 radical (unpaired) electrons. The van der Waals surface area contributed by atoms with E-state index in [9.17, 15) is 13.2 Å². The van der Waals surface area contributed by atoms with Gasteiger partial charge in [-0.15, -0.1) is 11.3 Å². The van der Waals surface area contributed by atoms with Crippen molar-refractivity contribution < 1.29 is 13.2 Å². The van der Waals surface area contributed by atoms with Gasteiger partial charge in [0.1, 0.15) is 10.8 Å².